The smallest absolute Gasteiger partial charge is 0.340 e. The minimum atomic E-state index is -0.986. The summed E-state index contributed by atoms with van der Waals surface area (Å²) in [6.07, 6.45) is 2.72. The Morgan fingerprint density at radius 3 is 2.57 bits per heavy atom. The highest BCUT2D eigenvalue weighted by Gasteiger charge is 2.18. The summed E-state index contributed by atoms with van der Waals surface area (Å²) in [5.41, 5.74) is 0.407. The molecular formula is C15H21N3O2S. The Balaban J connectivity index is 2.60. The van der Waals surface area contributed by atoms with Gasteiger partial charge >= 0.3 is 5.97 Å². The quantitative estimate of drug-likeness (QED) is 0.470. The molecule has 0 bridgehead atoms. The SMILES string of the molecule is Cc1nc(C)c(C(=O)O)c(SCCCCC(C)(C)C#N)n1. The molecule has 5 nitrogen and oxygen atoms in total. The zero-order chi connectivity index (χ0) is 16.0. The number of thioether (sulfide) groups is 1. The lowest BCUT2D eigenvalue weighted by Gasteiger charge is -2.14. The molecule has 0 amide bonds. The van der Waals surface area contributed by atoms with Crippen molar-refractivity contribution >= 4 is 17.7 Å². The van der Waals surface area contributed by atoms with Crippen molar-refractivity contribution in [2.24, 2.45) is 5.41 Å². The molecule has 0 aromatic carbocycles. The first-order chi connectivity index (χ1) is 9.76. The van der Waals surface area contributed by atoms with E-state index in [0.717, 1.165) is 25.0 Å². The molecule has 6 heteroatoms. The highest BCUT2D eigenvalue weighted by molar-refractivity contribution is 7.99. The fourth-order valence-corrected chi connectivity index (χ4v) is 3.04. The van der Waals surface area contributed by atoms with Gasteiger partial charge in [0.25, 0.3) is 0 Å². The Bertz CT molecular complexity index is 565. The number of aryl methyl sites for hydroxylation is 2. The molecule has 1 aromatic heterocycles. The van der Waals surface area contributed by atoms with Crippen LogP contribution in [0.3, 0.4) is 0 Å². The van der Waals surface area contributed by atoms with Gasteiger partial charge in [-0.05, 0) is 46.3 Å². The molecule has 0 aliphatic carbocycles. The number of hydrogen-bond donors (Lipinski definition) is 1. The van der Waals surface area contributed by atoms with Gasteiger partial charge in [-0.2, -0.15) is 5.26 Å². The Morgan fingerprint density at radius 2 is 2.00 bits per heavy atom. The second-order valence-corrected chi connectivity index (χ2v) is 6.73. The highest BCUT2D eigenvalue weighted by atomic mass is 32.2. The maximum absolute atomic E-state index is 11.3. The zero-order valence-corrected chi connectivity index (χ0v) is 13.8. The molecule has 0 aliphatic heterocycles. The summed E-state index contributed by atoms with van der Waals surface area (Å²) in [6.45, 7) is 7.31. The monoisotopic (exact) mass is 307 g/mol. The van der Waals surface area contributed by atoms with Crippen LogP contribution in [-0.4, -0.2) is 26.8 Å². The molecular weight excluding hydrogens is 286 g/mol. The molecule has 21 heavy (non-hydrogen) atoms. The maximum Gasteiger partial charge on any atom is 0.340 e. The van der Waals surface area contributed by atoms with E-state index >= 15 is 0 Å². The van der Waals surface area contributed by atoms with Crippen molar-refractivity contribution in [1.82, 2.24) is 9.97 Å². The minimum Gasteiger partial charge on any atom is -0.478 e. The predicted molar refractivity (Wildman–Crippen MR) is 82.4 cm³/mol. The number of aromatic nitrogens is 2. The van der Waals surface area contributed by atoms with Crippen LogP contribution in [0, 0.1) is 30.6 Å². The van der Waals surface area contributed by atoms with Gasteiger partial charge in [-0.25, -0.2) is 14.8 Å². The van der Waals surface area contributed by atoms with Crippen LogP contribution in [0.2, 0.25) is 0 Å². The van der Waals surface area contributed by atoms with Gasteiger partial charge in [0.05, 0.1) is 17.2 Å². The topological polar surface area (TPSA) is 86.9 Å². The van der Waals surface area contributed by atoms with E-state index in [-0.39, 0.29) is 11.0 Å². The molecule has 0 atom stereocenters. The molecule has 0 radical (unpaired) electrons. The van der Waals surface area contributed by atoms with Crippen molar-refractivity contribution in [3.63, 3.8) is 0 Å². The van der Waals surface area contributed by atoms with Crippen molar-refractivity contribution in [3.05, 3.63) is 17.1 Å². The van der Waals surface area contributed by atoms with Crippen molar-refractivity contribution in [2.75, 3.05) is 5.75 Å². The zero-order valence-electron chi connectivity index (χ0n) is 12.9. The van der Waals surface area contributed by atoms with Gasteiger partial charge in [-0.15, -0.1) is 11.8 Å². The largest absolute Gasteiger partial charge is 0.478 e. The lowest BCUT2D eigenvalue weighted by Crippen LogP contribution is -2.09. The molecule has 1 rings (SSSR count). The van der Waals surface area contributed by atoms with Crippen LogP contribution in [0.25, 0.3) is 0 Å². The number of unbranched alkanes of at least 4 members (excludes halogenated alkanes) is 1. The predicted octanol–water partition coefficient (Wildman–Crippen LogP) is 3.60. The first-order valence-corrected chi connectivity index (χ1v) is 7.88. The normalized spacial score (nSPS) is 11.2. The molecule has 0 fully saturated rings. The van der Waals surface area contributed by atoms with Crippen LogP contribution in [0.15, 0.2) is 5.03 Å². The lowest BCUT2D eigenvalue weighted by atomic mass is 9.89. The average molecular weight is 307 g/mol. The van der Waals surface area contributed by atoms with Crippen LogP contribution >= 0.6 is 11.8 Å². The number of nitriles is 1. The standard InChI is InChI=1S/C15H21N3O2S/c1-10-12(14(19)20)13(18-11(2)17-10)21-8-6-5-7-15(3,4)9-16/h5-8H2,1-4H3,(H,19,20). The fraction of sp³-hybridized carbons (Fsp3) is 0.600. The molecule has 0 aliphatic rings. The van der Waals surface area contributed by atoms with Crippen LogP contribution in [0.4, 0.5) is 0 Å². The number of carbonyl (C=O) groups is 1. The van der Waals surface area contributed by atoms with E-state index in [1.165, 1.54) is 11.8 Å². The summed E-state index contributed by atoms with van der Waals surface area (Å²) in [7, 11) is 0. The summed E-state index contributed by atoms with van der Waals surface area (Å²) in [5, 5.41) is 18.7. The molecule has 1 aromatic rings. The first-order valence-electron chi connectivity index (χ1n) is 6.89. The molecule has 114 valence electrons. The van der Waals surface area contributed by atoms with Gasteiger partial charge in [0, 0.05) is 0 Å². The number of nitrogens with zero attached hydrogens (tertiary/aromatic N) is 3. The fourth-order valence-electron chi connectivity index (χ4n) is 1.93. The first kappa shape index (κ1) is 17.4. The molecule has 1 N–H and O–H groups in total. The van der Waals surface area contributed by atoms with Gasteiger partial charge in [-0.3, -0.25) is 0 Å². The van der Waals surface area contributed by atoms with E-state index < -0.39 is 5.97 Å². The molecule has 0 spiro atoms. The maximum atomic E-state index is 11.3. The Kier molecular flexibility index (Phi) is 6.16. The van der Waals surface area contributed by atoms with Gasteiger partial charge in [0.1, 0.15) is 16.4 Å². The van der Waals surface area contributed by atoms with E-state index in [0.29, 0.717) is 16.5 Å². The third kappa shape index (κ3) is 5.35. The number of rotatable bonds is 7. The van der Waals surface area contributed by atoms with E-state index in [1.54, 1.807) is 13.8 Å². The van der Waals surface area contributed by atoms with Crippen LogP contribution in [-0.2, 0) is 0 Å². The summed E-state index contributed by atoms with van der Waals surface area (Å²) in [6, 6.07) is 2.28. The highest BCUT2D eigenvalue weighted by Crippen LogP contribution is 2.26. The van der Waals surface area contributed by atoms with Gasteiger partial charge in [0.2, 0.25) is 0 Å². The van der Waals surface area contributed by atoms with Crippen molar-refractivity contribution in [3.8, 4) is 6.07 Å². The van der Waals surface area contributed by atoms with E-state index in [9.17, 15) is 9.90 Å². The second-order valence-electron chi connectivity index (χ2n) is 5.64. The second kappa shape index (κ2) is 7.41. The molecule has 1 heterocycles. The van der Waals surface area contributed by atoms with Crippen LogP contribution in [0.5, 0.6) is 0 Å². The van der Waals surface area contributed by atoms with Gasteiger partial charge in [-0.1, -0.05) is 6.42 Å². The lowest BCUT2D eigenvalue weighted by molar-refractivity contribution is 0.0690. The summed E-state index contributed by atoms with van der Waals surface area (Å²) >= 11 is 1.45. The minimum absolute atomic E-state index is 0.197. The summed E-state index contributed by atoms with van der Waals surface area (Å²) in [5.74, 6) is 0.392. The molecule has 0 unspecified atom stereocenters. The van der Waals surface area contributed by atoms with Gasteiger partial charge in [0.15, 0.2) is 0 Å². The van der Waals surface area contributed by atoms with Crippen molar-refractivity contribution in [1.29, 1.82) is 5.26 Å². The van der Waals surface area contributed by atoms with Crippen molar-refractivity contribution in [2.45, 2.75) is 52.0 Å². The summed E-state index contributed by atoms with van der Waals surface area (Å²) in [4.78, 5) is 19.6. The number of aromatic carboxylic acids is 1. The third-order valence-corrected chi connectivity index (χ3v) is 4.18. The Morgan fingerprint density at radius 1 is 1.33 bits per heavy atom. The number of hydrogen-bond acceptors (Lipinski definition) is 5. The average Bonchev–Trinajstić information content (AvgIpc) is 2.36. The molecule has 0 saturated carbocycles. The third-order valence-electron chi connectivity index (χ3n) is 3.12. The van der Waals surface area contributed by atoms with E-state index in [2.05, 4.69) is 16.0 Å². The number of carboxylic acids is 1. The van der Waals surface area contributed by atoms with Crippen LogP contribution < -0.4 is 0 Å². The number of carboxylic acid groups (broad SMARTS) is 1. The molecule has 0 saturated heterocycles. The van der Waals surface area contributed by atoms with Gasteiger partial charge < -0.3 is 5.11 Å². The van der Waals surface area contributed by atoms with Crippen molar-refractivity contribution < 1.29 is 9.90 Å². The Labute approximate surface area is 129 Å². The van der Waals surface area contributed by atoms with E-state index in [1.807, 2.05) is 13.8 Å². The van der Waals surface area contributed by atoms with Crippen LogP contribution in [0.1, 0.15) is 55.0 Å². The van der Waals surface area contributed by atoms with E-state index in [4.69, 9.17) is 5.26 Å². The Hall–Kier alpha value is -1.61. The summed E-state index contributed by atoms with van der Waals surface area (Å²) < 4.78 is 0.